The maximum Gasteiger partial charge on any atom is 0.231 e. The molecule has 1 heterocycles. The molecule has 0 bridgehead atoms. The Labute approximate surface area is 146 Å². The summed E-state index contributed by atoms with van der Waals surface area (Å²) in [4.78, 5) is 28.3. The molecule has 0 spiro atoms. The third-order valence-corrected chi connectivity index (χ3v) is 5.39. The van der Waals surface area contributed by atoms with Gasteiger partial charge in [-0.05, 0) is 37.5 Å². The summed E-state index contributed by atoms with van der Waals surface area (Å²) in [5.41, 5.74) is 0.224. The van der Waals surface area contributed by atoms with Gasteiger partial charge in [-0.25, -0.2) is 4.39 Å². The smallest absolute Gasteiger partial charge is 0.231 e. The highest BCUT2D eigenvalue weighted by Crippen LogP contribution is 2.34. The molecule has 1 aromatic rings. The first-order chi connectivity index (χ1) is 11.5. The number of halogens is 2. The molecule has 0 N–H and O–H groups in total. The maximum atomic E-state index is 14.1. The standard InChI is InChI=1S/C18H22ClFN2O2/c1-21(16-9-8-12(19)11-14(16)20)18(24)13-5-2-3-6-15(13)22-10-4-7-17(22)23/h8-9,11,13,15H,2-7,10H2,1H3/t13-,15+/m1/s1. The number of benzene rings is 1. The van der Waals surface area contributed by atoms with Crippen molar-refractivity contribution < 1.29 is 14.0 Å². The van der Waals surface area contributed by atoms with Crippen LogP contribution in [-0.4, -0.2) is 36.3 Å². The van der Waals surface area contributed by atoms with E-state index in [0.29, 0.717) is 11.4 Å². The van der Waals surface area contributed by atoms with Gasteiger partial charge < -0.3 is 9.80 Å². The number of nitrogens with zero attached hydrogens (tertiary/aromatic N) is 2. The predicted octanol–water partition coefficient (Wildman–Crippen LogP) is 3.62. The summed E-state index contributed by atoms with van der Waals surface area (Å²) >= 11 is 5.79. The lowest BCUT2D eigenvalue weighted by atomic mass is 9.82. The van der Waals surface area contributed by atoms with Crippen LogP contribution in [0.15, 0.2) is 18.2 Å². The summed E-state index contributed by atoms with van der Waals surface area (Å²) < 4.78 is 14.1. The van der Waals surface area contributed by atoms with Crippen molar-refractivity contribution in [1.82, 2.24) is 4.90 Å². The summed E-state index contributed by atoms with van der Waals surface area (Å²) in [6.07, 6.45) is 5.01. The van der Waals surface area contributed by atoms with Crippen LogP contribution in [0.3, 0.4) is 0 Å². The van der Waals surface area contributed by atoms with Crippen molar-refractivity contribution >= 4 is 29.1 Å². The van der Waals surface area contributed by atoms with Crippen LogP contribution in [0.4, 0.5) is 10.1 Å². The lowest BCUT2D eigenvalue weighted by molar-refractivity contribution is -0.134. The van der Waals surface area contributed by atoms with Crippen LogP contribution in [0, 0.1) is 11.7 Å². The highest BCUT2D eigenvalue weighted by Gasteiger charge is 2.40. The number of hydrogen-bond acceptors (Lipinski definition) is 2. The van der Waals surface area contributed by atoms with Crippen LogP contribution in [0.5, 0.6) is 0 Å². The molecule has 1 saturated heterocycles. The quantitative estimate of drug-likeness (QED) is 0.833. The molecule has 0 radical (unpaired) electrons. The van der Waals surface area contributed by atoms with Crippen LogP contribution in [-0.2, 0) is 9.59 Å². The number of anilines is 1. The van der Waals surface area contributed by atoms with E-state index in [0.717, 1.165) is 38.6 Å². The molecule has 1 saturated carbocycles. The summed E-state index contributed by atoms with van der Waals surface area (Å²) in [6.45, 7) is 0.728. The van der Waals surface area contributed by atoms with E-state index in [9.17, 15) is 14.0 Å². The number of carbonyl (C=O) groups is 2. The van der Waals surface area contributed by atoms with Crippen molar-refractivity contribution in [2.24, 2.45) is 5.92 Å². The molecular formula is C18H22ClFN2O2. The second-order valence-electron chi connectivity index (χ2n) is 6.64. The van der Waals surface area contributed by atoms with Crippen molar-refractivity contribution in [1.29, 1.82) is 0 Å². The molecule has 1 aliphatic carbocycles. The topological polar surface area (TPSA) is 40.6 Å². The zero-order chi connectivity index (χ0) is 17.3. The van der Waals surface area contributed by atoms with E-state index < -0.39 is 5.82 Å². The average Bonchev–Trinajstić information content (AvgIpc) is 2.99. The molecule has 130 valence electrons. The number of carbonyl (C=O) groups excluding carboxylic acids is 2. The fraction of sp³-hybridized carbons (Fsp3) is 0.556. The Bertz CT molecular complexity index is 652. The van der Waals surface area contributed by atoms with Gasteiger partial charge >= 0.3 is 0 Å². The van der Waals surface area contributed by atoms with Crippen LogP contribution >= 0.6 is 11.6 Å². The molecule has 2 fully saturated rings. The summed E-state index contributed by atoms with van der Waals surface area (Å²) in [6, 6.07) is 4.25. The van der Waals surface area contributed by atoms with E-state index in [2.05, 4.69) is 0 Å². The first-order valence-corrected chi connectivity index (χ1v) is 8.89. The molecule has 2 atom stereocenters. The van der Waals surface area contributed by atoms with E-state index in [-0.39, 0.29) is 29.5 Å². The lowest BCUT2D eigenvalue weighted by Crippen LogP contribution is -2.49. The monoisotopic (exact) mass is 352 g/mol. The number of likely N-dealkylation sites (tertiary alicyclic amines) is 1. The van der Waals surface area contributed by atoms with Crippen LogP contribution in [0.1, 0.15) is 38.5 Å². The molecule has 4 nitrogen and oxygen atoms in total. The third-order valence-electron chi connectivity index (χ3n) is 5.16. The molecule has 1 aliphatic heterocycles. The largest absolute Gasteiger partial charge is 0.339 e. The highest BCUT2D eigenvalue weighted by atomic mass is 35.5. The van der Waals surface area contributed by atoms with Crippen LogP contribution < -0.4 is 4.90 Å². The van der Waals surface area contributed by atoms with Gasteiger partial charge in [0.25, 0.3) is 0 Å². The Kier molecular flexibility index (Phi) is 5.09. The zero-order valence-corrected chi connectivity index (χ0v) is 14.6. The zero-order valence-electron chi connectivity index (χ0n) is 13.8. The minimum absolute atomic E-state index is 0.0564. The number of amides is 2. The van der Waals surface area contributed by atoms with Crippen molar-refractivity contribution in [2.75, 3.05) is 18.5 Å². The SMILES string of the molecule is CN(C(=O)[C@@H]1CCCC[C@@H]1N1CCCC1=O)c1ccc(Cl)cc1F. The van der Waals surface area contributed by atoms with Crippen LogP contribution in [0.25, 0.3) is 0 Å². The Morgan fingerprint density at radius 3 is 2.71 bits per heavy atom. The highest BCUT2D eigenvalue weighted by molar-refractivity contribution is 6.30. The van der Waals surface area contributed by atoms with Crippen LogP contribution in [0.2, 0.25) is 5.02 Å². The minimum Gasteiger partial charge on any atom is -0.339 e. The second-order valence-corrected chi connectivity index (χ2v) is 7.08. The van der Waals surface area contributed by atoms with E-state index in [1.165, 1.54) is 17.0 Å². The second kappa shape index (κ2) is 7.09. The van der Waals surface area contributed by atoms with Crippen molar-refractivity contribution in [3.05, 3.63) is 29.0 Å². The van der Waals surface area contributed by atoms with E-state index in [1.54, 1.807) is 13.1 Å². The number of hydrogen-bond donors (Lipinski definition) is 0. The van der Waals surface area contributed by atoms with Gasteiger partial charge in [-0.3, -0.25) is 9.59 Å². The Morgan fingerprint density at radius 1 is 1.29 bits per heavy atom. The van der Waals surface area contributed by atoms with Gasteiger partial charge in [-0.15, -0.1) is 0 Å². The maximum absolute atomic E-state index is 14.1. The van der Waals surface area contributed by atoms with E-state index in [1.807, 2.05) is 4.90 Å². The fourth-order valence-electron chi connectivity index (χ4n) is 3.91. The van der Waals surface area contributed by atoms with Crippen molar-refractivity contribution in [3.63, 3.8) is 0 Å². The van der Waals surface area contributed by atoms with Gasteiger partial charge in [-0.2, -0.15) is 0 Å². The molecule has 2 aliphatic rings. The van der Waals surface area contributed by atoms with Gasteiger partial charge in [0.05, 0.1) is 11.6 Å². The number of rotatable bonds is 3. The predicted molar refractivity (Wildman–Crippen MR) is 91.5 cm³/mol. The normalized spacial score (nSPS) is 24.3. The molecule has 0 aromatic heterocycles. The molecule has 6 heteroatoms. The molecule has 2 amide bonds. The molecule has 1 aromatic carbocycles. The molecular weight excluding hydrogens is 331 g/mol. The summed E-state index contributed by atoms with van der Waals surface area (Å²) in [7, 11) is 1.59. The summed E-state index contributed by atoms with van der Waals surface area (Å²) in [5, 5.41) is 0.301. The first kappa shape index (κ1) is 17.2. The Balaban J connectivity index is 1.82. The van der Waals surface area contributed by atoms with Gasteiger partial charge in [0.15, 0.2) is 0 Å². The van der Waals surface area contributed by atoms with E-state index >= 15 is 0 Å². The van der Waals surface area contributed by atoms with Crippen molar-refractivity contribution in [2.45, 2.75) is 44.6 Å². The van der Waals surface area contributed by atoms with Gasteiger partial charge in [0, 0.05) is 31.1 Å². The first-order valence-electron chi connectivity index (χ1n) is 8.51. The van der Waals surface area contributed by atoms with Gasteiger partial charge in [-0.1, -0.05) is 24.4 Å². The molecule has 0 unspecified atom stereocenters. The minimum atomic E-state index is -0.511. The van der Waals surface area contributed by atoms with Gasteiger partial charge in [0.2, 0.25) is 11.8 Å². The van der Waals surface area contributed by atoms with Gasteiger partial charge in [0.1, 0.15) is 5.82 Å². The third kappa shape index (κ3) is 3.27. The van der Waals surface area contributed by atoms with Crippen molar-refractivity contribution in [3.8, 4) is 0 Å². The molecule has 24 heavy (non-hydrogen) atoms. The van der Waals surface area contributed by atoms with E-state index in [4.69, 9.17) is 11.6 Å². The lowest BCUT2D eigenvalue weighted by Gasteiger charge is -2.38. The molecule has 3 rings (SSSR count). The Morgan fingerprint density at radius 2 is 2.04 bits per heavy atom. The summed E-state index contributed by atoms with van der Waals surface area (Å²) in [5.74, 6) is -0.760. The Hall–Kier alpha value is -1.62. The average molecular weight is 353 g/mol. The fourth-order valence-corrected chi connectivity index (χ4v) is 4.07.